The first-order valence-corrected chi connectivity index (χ1v) is 5.60. The van der Waals surface area contributed by atoms with E-state index in [0.29, 0.717) is 18.2 Å². The molecule has 98 valence electrons. The van der Waals surface area contributed by atoms with Gasteiger partial charge in [0.2, 0.25) is 0 Å². The number of nitrogens with zero attached hydrogens (tertiary/aromatic N) is 1. The van der Waals surface area contributed by atoms with E-state index < -0.39 is 5.17 Å². The molecule has 0 aromatic rings. The van der Waals surface area contributed by atoms with Crippen molar-refractivity contribution in [1.82, 2.24) is 4.90 Å². The highest BCUT2D eigenvalue weighted by Crippen LogP contribution is 1.91. The molecule has 17 heavy (non-hydrogen) atoms. The Morgan fingerprint density at radius 3 is 2.29 bits per heavy atom. The van der Waals surface area contributed by atoms with E-state index in [1.54, 1.807) is 25.1 Å². The maximum Gasteiger partial charge on any atom is 0.258 e. The minimum Gasteiger partial charge on any atom is -0.487 e. The molecule has 0 heterocycles. The second-order valence-corrected chi connectivity index (χ2v) is 3.83. The van der Waals surface area contributed by atoms with E-state index in [1.807, 2.05) is 6.92 Å². The van der Waals surface area contributed by atoms with Crippen molar-refractivity contribution in [3.05, 3.63) is 12.2 Å². The van der Waals surface area contributed by atoms with Crippen LogP contribution in [-0.4, -0.2) is 46.8 Å². The van der Waals surface area contributed by atoms with E-state index in [0.717, 1.165) is 0 Å². The highest BCUT2D eigenvalue weighted by atomic mass is 32.1. The summed E-state index contributed by atoms with van der Waals surface area (Å²) in [5.74, 6) is 0.0593. The normalized spacial score (nSPS) is 9.12. The van der Waals surface area contributed by atoms with Gasteiger partial charge in [-0.05, 0) is 37.4 Å². The first kappa shape index (κ1) is 18.2. The largest absolute Gasteiger partial charge is 0.487 e. The molecule has 0 aromatic heterocycles. The third-order valence-electron chi connectivity index (χ3n) is 1.29. The van der Waals surface area contributed by atoms with E-state index in [-0.39, 0.29) is 5.78 Å². The Kier molecular flexibility index (Phi) is 12.1. The van der Waals surface area contributed by atoms with Gasteiger partial charge in [-0.1, -0.05) is 6.08 Å². The number of ketones is 1. The fourth-order valence-electron chi connectivity index (χ4n) is 0.637. The molecule has 0 bridgehead atoms. The van der Waals surface area contributed by atoms with E-state index in [1.165, 1.54) is 6.08 Å². The smallest absolute Gasteiger partial charge is 0.258 e. The van der Waals surface area contributed by atoms with Gasteiger partial charge in [-0.2, -0.15) is 0 Å². The van der Waals surface area contributed by atoms with Crippen LogP contribution in [0.4, 0.5) is 0 Å². The summed E-state index contributed by atoms with van der Waals surface area (Å²) >= 11 is 8.74. The number of ether oxygens (including phenoxy) is 1. The molecule has 3 N–H and O–H groups in total. The SMILES string of the molecule is CC=CC(=O)CCOC(=S)N(C)C.NC(O)=S. The second kappa shape index (κ2) is 11.3. The minimum absolute atomic E-state index is 0.0593. The Bertz CT molecular complexity index is 287. The molecule has 0 aliphatic heterocycles. The molecule has 0 aromatic carbocycles. The van der Waals surface area contributed by atoms with Crippen LogP contribution in [-0.2, 0) is 9.53 Å². The number of aliphatic hydroxyl groups is 1. The molecule has 0 aliphatic carbocycles. The zero-order valence-electron chi connectivity index (χ0n) is 10.2. The Hall–Kier alpha value is -1.21. The zero-order valence-corrected chi connectivity index (χ0v) is 11.8. The molecular weight excluding hydrogens is 260 g/mol. The van der Waals surface area contributed by atoms with Gasteiger partial charge in [-0.25, -0.2) is 0 Å². The molecule has 0 radical (unpaired) electrons. The molecule has 0 rings (SSSR count). The van der Waals surface area contributed by atoms with E-state index >= 15 is 0 Å². The Morgan fingerprint density at radius 1 is 1.47 bits per heavy atom. The first-order chi connectivity index (χ1) is 7.81. The summed E-state index contributed by atoms with van der Waals surface area (Å²) in [5, 5.41) is 7.48. The molecule has 0 atom stereocenters. The fraction of sp³-hybridized carbons (Fsp3) is 0.500. The van der Waals surface area contributed by atoms with Crippen molar-refractivity contribution < 1.29 is 14.6 Å². The minimum atomic E-state index is -0.500. The van der Waals surface area contributed by atoms with E-state index in [4.69, 9.17) is 22.1 Å². The number of carbonyl (C=O) groups excluding carboxylic acids is 1. The summed E-state index contributed by atoms with van der Waals surface area (Å²) in [6.07, 6.45) is 3.62. The van der Waals surface area contributed by atoms with Crippen LogP contribution in [0.3, 0.4) is 0 Å². The van der Waals surface area contributed by atoms with Gasteiger partial charge in [0, 0.05) is 20.5 Å². The maximum atomic E-state index is 11.0. The summed E-state index contributed by atoms with van der Waals surface area (Å²) in [6.45, 7) is 2.16. The van der Waals surface area contributed by atoms with E-state index in [9.17, 15) is 4.79 Å². The molecule has 0 aliphatic rings. The van der Waals surface area contributed by atoms with Crippen molar-refractivity contribution in [2.24, 2.45) is 5.73 Å². The Morgan fingerprint density at radius 2 is 1.94 bits per heavy atom. The van der Waals surface area contributed by atoms with Crippen molar-refractivity contribution in [3.8, 4) is 0 Å². The van der Waals surface area contributed by atoms with E-state index in [2.05, 4.69) is 18.0 Å². The number of thiocarbonyl (C=S) groups is 2. The number of hydrogen-bond acceptors (Lipinski definition) is 4. The van der Waals surface area contributed by atoms with Crippen molar-refractivity contribution in [2.75, 3.05) is 20.7 Å². The number of allylic oxidation sites excluding steroid dienone is 2. The monoisotopic (exact) mass is 278 g/mol. The number of carbonyl (C=O) groups is 1. The summed E-state index contributed by atoms with van der Waals surface area (Å²) in [7, 11) is 3.60. The summed E-state index contributed by atoms with van der Waals surface area (Å²) in [4.78, 5) is 12.7. The van der Waals surface area contributed by atoms with Crippen LogP contribution in [0.2, 0.25) is 0 Å². The van der Waals surface area contributed by atoms with Gasteiger partial charge in [-0.3, -0.25) is 4.79 Å². The van der Waals surface area contributed by atoms with Crippen molar-refractivity contribution >= 4 is 40.6 Å². The van der Waals surface area contributed by atoms with Crippen molar-refractivity contribution in [3.63, 3.8) is 0 Å². The molecule has 0 saturated heterocycles. The maximum absolute atomic E-state index is 11.0. The number of aliphatic hydroxyl groups excluding tert-OH is 1. The summed E-state index contributed by atoms with van der Waals surface area (Å²) < 4.78 is 5.12. The highest BCUT2D eigenvalue weighted by Gasteiger charge is 2.01. The third-order valence-corrected chi connectivity index (χ3v) is 1.77. The molecule has 0 spiro atoms. The average Bonchev–Trinajstić information content (AvgIpc) is 2.16. The predicted octanol–water partition coefficient (Wildman–Crippen LogP) is 1.17. The van der Waals surface area contributed by atoms with Gasteiger partial charge in [0.05, 0.1) is 6.61 Å². The topological polar surface area (TPSA) is 75.8 Å². The van der Waals surface area contributed by atoms with Gasteiger partial charge in [0.25, 0.3) is 10.3 Å². The second-order valence-electron chi connectivity index (χ2n) is 3.06. The average molecular weight is 278 g/mol. The van der Waals surface area contributed by atoms with Gasteiger partial charge < -0.3 is 20.5 Å². The molecule has 7 heteroatoms. The Labute approximate surface area is 112 Å². The van der Waals surface area contributed by atoms with Crippen LogP contribution < -0.4 is 5.73 Å². The quantitative estimate of drug-likeness (QED) is 0.590. The van der Waals surface area contributed by atoms with Gasteiger partial charge >= 0.3 is 0 Å². The summed E-state index contributed by atoms with van der Waals surface area (Å²) in [6, 6.07) is 0. The number of rotatable bonds is 4. The molecule has 5 nitrogen and oxygen atoms in total. The number of nitrogens with two attached hydrogens (primary N) is 1. The summed E-state index contributed by atoms with van der Waals surface area (Å²) in [5.41, 5.74) is 4.40. The van der Waals surface area contributed by atoms with Crippen LogP contribution in [0.15, 0.2) is 12.2 Å². The van der Waals surface area contributed by atoms with Crippen LogP contribution in [0.25, 0.3) is 0 Å². The zero-order chi connectivity index (χ0) is 13.8. The number of hydrogen-bond donors (Lipinski definition) is 2. The van der Waals surface area contributed by atoms with Crippen molar-refractivity contribution in [1.29, 1.82) is 0 Å². The molecule has 0 fully saturated rings. The lowest BCUT2D eigenvalue weighted by Gasteiger charge is -2.13. The molecular formula is C10H18N2O3S2. The van der Waals surface area contributed by atoms with Crippen LogP contribution in [0.1, 0.15) is 13.3 Å². The molecule has 0 saturated carbocycles. The van der Waals surface area contributed by atoms with Gasteiger partial charge in [0.1, 0.15) is 0 Å². The standard InChI is InChI=1S/C9H15NO2S.CH3NOS/c1-4-5-8(11)6-7-12-9(13)10(2)3;2-1(3)4/h4-5H,6-7H2,1-3H3;(H3,2,3,4). The predicted molar refractivity (Wildman–Crippen MR) is 76.1 cm³/mol. The van der Waals surface area contributed by atoms with Crippen molar-refractivity contribution in [2.45, 2.75) is 13.3 Å². The lowest BCUT2D eigenvalue weighted by atomic mass is 10.3. The van der Waals surface area contributed by atoms with Gasteiger partial charge in [-0.15, -0.1) is 0 Å². The van der Waals surface area contributed by atoms with Crippen LogP contribution in [0, 0.1) is 0 Å². The lowest BCUT2D eigenvalue weighted by Crippen LogP contribution is -2.23. The lowest BCUT2D eigenvalue weighted by molar-refractivity contribution is -0.115. The van der Waals surface area contributed by atoms with Crippen LogP contribution in [0.5, 0.6) is 0 Å². The highest BCUT2D eigenvalue weighted by molar-refractivity contribution is 7.80. The Balaban J connectivity index is 0. The third kappa shape index (κ3) is 17.4. The fourth-order valence-corrected chi connectivity index (χ4v) is 0.721. The van der Waals surface area contributed by atoms with Gasteiger partial charge in [0.15, 0.2) is 5.78 Å². The molecule has 0 amide bonds. The van der Waals surface area contributed by atoms with Crippen LogP contribution >= 0.6 is 24.4 Å². The molecule has 0 unspecified atom stereocenters. The first-order valence-electron chi connectivity index (χ1n) is 4.79.